The van der Waals surface area contributed by atoms with E-state index in [2.05, 4.69) is 26.0 Å². The van der Waals surface area contributed by atoms with Gasteiger partial charge >= 0.3 is 0 Å². The second kappa shape index (κ2) is 8.78. The van der Waals surface area contributed by atoms with Crippen LogP contribution in [0.15, 0.2) is 21.5 Å². The molecule has 116 valence electrons. The summed E-state index contributed by atoms with van der Waals surface area (Å²) in [5, 5.41) is 3.31. The summed E-state index contributed by atoms with van der Waals surface area (Å²) in [6.45, 7) is 4.90. The molecule has 0 fully saturated rings. The van der Waals surface area contributed by atoms with Crippen LogP contribution >= 0.6 is 51.5 Å². The zero-order valence-electron chi connectivity index (χ0n) is 10.9. The maximum absolute atomic E-state index is 12.1. The first-order chi connectivity index (χ1) is 8.79. The fourth-order valence-electron chi connectivity index (χ4n) is 1.45. The Morgan fingerprint density at radius 3 is 2.45 bits per heavy atom. The van der Waals surface area contributed by atoms with Crippen molar-refractivity contribution in [2.45, 2.75) is 24.8 Å². The molecular weight excluding hydrogens is 410 g/mol. The topological polar surface area (TPSA) is 58.2 Å². The standard InChI is InChI=1S/C11H15BrCl2N2O2S.ClH/c1-3-15-7(2)6-16-19(17,18)9-5-4-8(12)10(13)11(9)14;/h4-5,7,15-16H,3,6H2,1-2H3;1H/t7-;/m1./s1. The summed E-state index contributed by atoms with van der Waals surface area (Å²) < 4.78 is 27.3. The van der Waals surface area contributed by atoms with Gasteiger partial charge in [-0.2, -0.15) is 0 Å². The van der Waals surface area contributed by atoms with Gasteiger partial charge in [0.15, 0.2) is 0 Å². The molecule has 0 aromatic heterocycles. The average molecular weight is 427 g/mol. The molecule has 0 saturated heterocycles. The lowest BCUT2D eigenvalue weighted by Gasteiger charge is -2.14. The lowest BCUT2D eigenvalue weighted by molar-refractivity contribution is 0.536. The van der Waals surface area contributed by atoms with Crippen LogP contribution in [0.25, 0.3) is 0 Å². The van der Waals surface area contributed by atoms with Crippen LogP contribution in [0.2, 0.25) is 10.0 Å². The minimum Gasteiger partial charge on any atom is -0.313 e. The van der Waals surface area contributed by atoms with Crippen LogP contribution in [0.3, 0.4) is 0 Å². The number of likely N-dealkylation sites (N-methyl/N-ethyl adjacent to an activating group) is 1. The van der Waals surface area contributed by atoms with Crippen molar-refractivity contribution >= 4 is 61.6 Å². The van der Waals surface area contributed by atoms with E-state index in [9.17, 15) is 8.42 Å². The SMILES string of the molecule is CCN[C@H](C)CNS(=O)(=O)c1ccc(Br)c(Cl)c1Cl.Cl. The normalized spacial score (nSPS) is 12.8. The first-order valence-electron chi connectivity index (χ1n) is 5.66. The van der Waals surface area contributed by atoms with Gasteiger partial charge in [-0.25, -0.2) is 13.1 Å². The summed E-state index contributed by atoms with van der Waals surface area (Å²) in [6, 6.07) is 3.00. The molecule has 0 aliphatic carbocycles. The van der Waals surface area contributed by atoms with Crippen molar-refractivity contribution in [3.8, 4) is 0 Å². The predicted molar refractivity (Wildman–Crippen MR) is 89.7 cm³/mol. The van der Waals surface area contributed by atoms with Crippen LogP contribution < -0.4 is 10.0 Å². The molecule has 1 atom stereocenters. The molecule has 0 unspecified atom stereocenters. The molecule has 1 rings (SSSR count). The second-order valence-electron chi connectivity index (χ2n) is 3.98. The summed E-state index contributed by atoms with van der Waals surface area (Å²) in [5.41, 5.74) is 0. The van der Waals surface area contributed by atoms with Crippen molar-refractivity contribution in [1.82, 2.24) is 10.0 Å². The molecule has 1 aromatic carbocycles. The molecule has 0 saturated carbocycles. The highest BCUT2D eigenvalue weighted by Gasteiger charge is 2.21. The van der Waals surface area contributed by atoms with Gasteiger partial charge in [0.1, 0.15) is 4.90 Å². The third-order valence-corrected chi connectivity index (χ3v) is 5.77. The van der Waals surface area contributed by atoms with Crippen LogP contribution in [0, 0.1) is 0 Å². The summed E-state index contributed by atoms with van der Waals surface area (Å²) >= 11 is 15.1. The summed E-state index contributed by atoms with van der Waals surface area (Å²) in [5.74, 6) is 0. The zero-order valence-corrected chi connectivity index (χ0v) is 15.6. The molecule has 1 aromatic rings. The maximum atomic E-state index is 12.1. The third kappa shape index (κ3) is 5.33. The number of nitrogens with one attached hydrogen (secondary N) is 2. The van der Waals surface area contributed by atoms with E-state index in [0.717, 1.165) is 6.54 Å². The Labute approximate surface area is 144 Å². The van der Waals surface area contributed by atoms with Crippen molar-refractivity contribution in [3.05, 3.63) is 26.7 Å². The monoisotopic (exact) mass is 424 g/mol. The summed E-state index contributed by atoms with van der Waals surface area (Å²) in [6.07, 6.45) is 0. The van der Waals surface area contributed by atoms with Gasteiger partial charge in [-0.15, -0.1) is 12.4 Å². The average Bonchev–Trinajstić information content (AvgIpc) is 2.34. The smallest absolute Gasteiger partial charge is 0.242 e. The van der Waals surface area contributed by atoms with Crippen LogP contribution in [0.5, 0.6) is 0 Å². The maximum Gasteiger partial charge on any atom is 0.242 e. The molecule has 9 heteroatoms. The highest BCUT2D eigenvalue weighted by atomic mass is 79.9. The van der Waals surface area contributed by atoms with Gasteiger partial charge in [-0.05, 0) is 41.5 Å². The minimum atomic E-state index is -3.67. The Bertz CT molecular complexity index is 555. The fourth-order valence-corrected chi connectivity index (χ4v) is 3.79. The molecule has 0 aliphatic rings. The van der Waals surface area contributed by atoms with Crippen LogP contribution in [0.4, 0.5) is 0 Å². The largest absolute Gasteiger partial charge is 0.313 e. The van der Waals surface area contributed by atoms with E-state index >= 15 is 0 Å². The Kier molecular flexibility index (Phi) is 8.97. The number of hydrogen-bond donors (Lipinski definition) is 2. The Hall–Kier alpha value is 0.440. The van der Waals surface area contributed by atoms with Crippen LogP contribution in [0.1, 0.15) is 13.8 Å². The minimum absolute atomic E-state index is 0. The molecule has 0 radical (unpaired) electrons. The van der Waals surface area contributed by atoms with Crippen molar-refractivity contribution in [3.63, 3.8) is 0 Å². The zero-order chi connectivity index (χ0) is 14.6. The second-order valence-corrected chi connectivity index (χ2v) is 7.33. The van der Waals surface area contributed by atoms with Crippen molar-refractivity contribution in [1.29, 1.82) is 0 Å². The van der Waals surface area contributed by atoms with Crippen LogP contribution in [-0.4, -0.2) is 27.5 Å². The molecule has 0 amide bonds. The van der Waals surface area contributed by atoms with Crippen molar-refractivity contribution in [2.75, 3.05) is 13.1 Å². The van der Waals surface area contributed by atoms with E-state index in [4.69, 9.17) is 23.2 Å². The lowest BCUT2D eigenvalue weighted by Crippen LogP contribution is -2.38. The molecule has 0 aliphatic heterocycles. The van der Waals surface area contributed by atoms with Crippen molar-refractivity contribution < 1.29 is 8.42 Å². The van der Waals surface area contributed by atoms with Gasteiger partial charge in [0.25, 0.3) is 0 Å². The molecular formula is C11H16BrCl3N2O2S. The number of halogens is 4. The predicted octanol–water partition coefficient (Wildman–Crippen LogP) is 3.45. The molecule has 4 nitrogen and oxygen atoms in total. The van der Waals surface area contributed by atoms with Gasteiger partial charge in [0, 0.05) is 17.1 Å². The number of sulfonamides is 1. The quantitative estimate of drug-likeness (QED) is 0.685. The Morgan fingerprint density at radius 2 is 1.90 bits per heavy atom. The van der Waals surface area contributed by atoms with E-state index in [1.165, 1.54) is 6.07 Å². The molecule has 0 heterocycles. The van der Waals surface area contributed by atoms with E-state index < -0.39 is 10.0 Å². The Balaban J connectivity index is 0.00000361. The molecule has 20 heavy (non-hydrogen) atoms. The molecule has 0 spiro atoms. The summed E-state index contributed by atoms with van der Waals surface area (Å²) in [7, 11) is -3.67. The first-order valence-corrected chi connectivity index (χ1v) is 8.69. The van der Waals surface area contributed by atoms with E-state index in [0.29, 0.717) is 4.47 Å². The first kappa shape index (κ1) is 20.4. The van der Waals surface area contributed by atoms with Crippen molar-refractivity contribution in [2.24, 2.45) is 0 Å². The highest BCUT2D eigenvalue weighted by Crippen LogP contribution is 2.34. The summed E-state index contributed by atoms with van der Waals surface area (Å²) in [4.78, 5) is -0.0222. The fraction of sp³-hybridized carbons (Fsp3) is 0.455. The lowest BCUT2D eigenvalue weighted by atomic mass is 10.3. The van der Waals surface area contributed by atoms with E-state index in [1.807, 2.05) is 13.8 Å². The van der Waals surface area contributed by atoms with Gasteiger partial charge in [-0.1, -0.05) is 30.1 Å². The van der Waals surface area contributed by atoms with Gasteiger partial charge < -0.3 is 5.32 Å². The van der Waals surface area contributed by atoms with Gasteiger partial charge in [0.05, 0.1) is 10.0 Å². The number of hydrogen-bond acceptors (Lipinski definition) is 3. The molecule has 0 bridgehead atoms. The van der Waals surface area contributed by atoms with Crippen LogP contribution in [-0.2, 0) is 10.0 Å². The highest BCUT2D eigenvalue weighted by molar-refractivity contribution is 9.10. The van der Waals surface area contributed by atoms with Gasteiger partial charge in [-0.3, -0.25) is 0 Å². The molecule has 2 N–H and O–H groups in total. The number of rotatable bonds is 6. The number of benzene rings is 1. The Morgan fingerprint density at radius 1 is 1.30 bits per heavy atom. The van der Waals surface area contributed by atoms with E-state index in [-0.39, 0.29) is 39.9 Å². The third-order valence-electron chi connectivity index (χ3n) is 2.42. The van der Waals surface area contributed by atoms with E-state index in [1.54, 1.807) is 6.07 Å². The van der Waals surface area contributed by atoms with Gasteiger partial charge in [0.2, 0.25) is 10.0 Å².